The minimum absolute atomic E-state index is 0.0213. The molecule has 2 N–H and O–H groups in total. The van der Waals surface area contributed by atoms with Crippen LogP contribution in [0.5, 0.6) is 0 Å². The largest absolute Gasteiger partial charge is 0.441 e. The van der Waals surface area contributed by atoms with Crippen molar-refractivity contribution in [3.63, 3.8) is 0 Å². The average molecular weight is 266 g/mol. The van der Waals surface area contributed by atoms with Gasteiger partial charge in [-0.3, -0.25) is 9.59 Å². The van der Waals surface area contributed by atoms with Crippen LogP contribution >= 0.6 is 0 Å². The van der Waals surface area contributed by atoms with E-state index in [1.807, 2.05) is 0 Å². The van der Waals surface area contributed by atoms with Crippen LogP contribution < -0.4 is 10.6 Å². The first-order valence-electron chi connectivity index (χ1n) is 6.01. The summed E-state index contributed by atoms with van der Waals surface area (Å²) >= 11 is 0. The van der Waals surface area contributed by atoms with Crippen LogP contribution in [-0.2, 0) is 9.53 Å². The van der Waals surface area contributed by atoms with E-state index in [2.05, 4.69) is 10.6 Å². The Morgan fingerprint density at radius 3 is 2.68 bits per heavy atom. The van der Waals surface area contributed by atoms with E-state index in [-0.39, 0.29) is 5.56 Å². The predicted molar refractivity (Wildman–Crippen MR) is 67.1 cm³/mol. The van der Waals surface area contributed by atoms with Crippen molar-refractivity contribution in [3.8, 4) is 0 Å². The molecule has 0 aliphatic heterocycles. The third-order valence-electron chi connectivity index (χ3n) is 3.25. The zero-order valence-electron chi connectivity index (χ0n) is 10.5. The van der Waals surface area contributed by atoms with Gasteiger partial charge in [0.25, 0.3) is 12.4 Å². The van der Waals surface area contributed by atoms with Crippen LogP contribution in [0.3, 0.4) is 0 Å². The highest BCUT2D eigenvalue weighted by Crippen LogP contribution is 2.36. The SMILES string of the molecule is CNC(=O)c1ccc(NC2(OC=O)CCC2)cc1F. The van der Waals surface area contributed by atoms with Gasteiger partial charge in [0, 0.05) is 25.6 Å². The van der Waals surface area contributed by atoms with Crippen molar-refractivity contribution in [2.75, 3.05) is 12.4 Å². The molecule has 0 radical (unpaired) electrons. The number of amides is 1. The van der Waals surface area contributed by atoms with Crippen molar-refractivity contribution in [1.82, 2.24) is 5.32 Å². The maximum absolute atomic E-state index is 13.8. The van der Waals surface area contributed by atoms with Gasteiger partial charge in [0.2, 0.25) is 0 Å². The van der Waals surface area contributed by atoms with E-state index in [4.69, 9.17) is 4.74 Å². The minimum atomic E-state index is -0.733. The summed E-state index contributed by atoms with van der Waals surface area (Å²) in [6.07, 6.45) is 2.31. The lowest BCUT2D eigenvalue weighted by Gasteiger charge is -2.40. The lowest BCUT2D eigenvalue weighted by Crippen LogP contribution is -2.47. The van der Waals surface area contributed by atoms with Crippen LogP contribution in [0.15, 0.2) is 18.2 Å². The number of carbonyl (C=O) groups is 2. The molecule has 0 atom stereocenters. The first-order chi connectivity index (χ1) is 9.10. The van der Waals surface area contributed by atoms with Crippen molar-refractivity contribution in [2.45, 2.75) is 25.0 Å². The summed E-state index contributed by atoms with van der Waals surface area (Å²) in [5, 5.41) is 5.35. The van der Waals surface area contributed by atoms with Crippen molar-refractivity contribution >= 4 is 18.1 Å². The van der Waals surface area contributed by atoms with Gasteiger partial charge in [-0.05, 0) is 24.6 Å². The molecular formula is C13H15FN2O3. The van der Waals surface area contributed by atoms with Gasteiger partial charge in [0.1, 0.15) is 5.82 Å². The Balaban J connectivity index is 2.16. The first-order valence-corrected chi connectivity index (χ1v) is 6.01. The van der Waals surface area contributed by atoms with Gasteiger partial charge in [-0.25, -0.2) is 4.39 Å². The molecule has 1 aliphatic carbocycles. The molecule has 0 spiro atoms. The molecule has 1 aromatic rings. The Hall–Kier alpha value is -2.11. The maximum Gasteiger partial charge on any atom is 0.295 e. The number of ether oxygens (including phenoxy) is 1. The molecule has 2 rings (SSSR count). The van der Waals surface area contributed by atoms with Crippen molar-refractivity contribution in [3.05, 3.63) is 29.6 Å². The van der Waals surface area contributed by atoms with Crippen LogP contribution in [0.1, 0.15) is 29.6 Å². The average Bonchev–Trinajstić information content (AvgIpc) is 2.35. The number of hydrogen-bond acceptors (Lipinski definition) is 4. The highest BCUT2D eigenvalue weighted by Gasteiger charge is 2.39. The molecular weight excluding hydrogens is 251 g/mol. The summed E-state index contributed by atoms with van der Waals surface area (Å²) in [5.74, 6) is -1.10. The number of halogens is 1. The minimum Gasteiger partial charge on any atom is -0.441 e. The molecule has 0 saturated heterocycles. The quantitative estimate of drug-likeness (QED) is 0.628. The zero-order valence-corrected chi connectivity index (χ0v) is 10.5. The molecule has 1 amide bonds. The molecule has 5 nitrogen and oxygen atoms in total. The van der Waals surface area contributed by atoms with Gasteiger partial charge < -0.3 is 15.4 Å². The number of nitrogens with one attached hydrogen (secondary N) is 2. The van der Waals surface area contributed by atoms with E-state index in [0.717, 1.165) is 6.42 Å². The van der Waals surface area contributed by atoms with Crippen LogP contribution in [0.25, 0.3) is 0 Å². The Kier molecular flexibility index (Phi) is 3.69. The van der Waals surface area contributed by atoms with E-state index in [9.17, 15) is 14.0 Å². The second kappa shape index (κ2) is 5.26. The number of benzene rings is 1. The second-order valence-electron chi connectivity index (χ2n) is 4.46. The summed E-state index contributed by atoms with van der Waals surface area (Å²) < 4.78 is 18.8. The Morgan fingerprint density at radius 1 is 1.47 bits per heavy atom. The molecule has 102 valence electrons. The van der Waals surface area contributed by atoms with E-state index < -0.39 is 17.4 Å². The third-order valence-corrected chi connectivity index (χ3v) is 3.25. The normalized spacial score (nSPS) is 16.1. The highest BCUT2D eigenvalue weighted by molar-refractivity contribution is 5.94. The van der Waals surface area contributed by atoms with Crippen molar-refractivity contribution in [1.29, 1.82) is 0 Å². The molecule has 0 aromatic heterocycles. The predicted octanol–water partition coefficient (Wildman–Crippen LogP) is 1.65. The molecule has 1 aliphatic rings. The van der Waals surface area contributed by atoms with Gasteiger partial charge in [0.05, 0.1) is 5.56 Å². The highest BCUT2D eigenvalue weighted by atomic mass is 19.1. The Bertz CT molecular complexity index is 501. The van der Waals surface area contributed by atoms with Crippen molar-refractivity contribution < 1.29 is 18.7 Å². The van der Waals surface area contributed by atoms with E-state index >= 15 is 0 Å². The number of rotatable bonds is 5. The molecule has 6 heteroatoms. The topological polar surface area (TPSA) is 67.4 Å². The first kappa shape index (κ1) is 13.3. The number of hydrogen-bond donors (Lipinski definition) is 2. The fourth-order valence-corrected chi connectivity index (χ4v) is 2.04. The van der Waals surface area contributed by atoms with E-state index in [1.54, 1.807) is 6.07 Å². The van der Waals surface area contributed by atoms with E-state index in [1.165, 1.54) is 19.2 Å². The summed E-state index contributed by atoms with van der Waals surface area (Å²) in [6.45, 7) is 0.390. The molecule has 1 aromatic carbocycles. The lowest BCUT2D eigenvalue weighted by molar-refractivity contribution is -0.148. The molecule has 0 bridgehead atoms. The van der Waals surface area contributed by atoms with Gasteiger partial charge in [0.15, 0.2) is 5.72 Å². The third kappa shape index (κ3) is 2.67. The van der Waals surface area contributed by atoms with Crippen LogP contribution in [0.4, 0.5) is 10.1 Å². The number of anilines is 1. The van der Waals surface area contributed by atoms with E-state index in [0.29, 0.717) is 25.0 Å². The molecule has 19 heavy (non-hydrogen) atoms. The fourth-order valence-electron chi connectivity index (χ4n) is 2.04. The Labute approximate surface area is 110 Å². The van der Waals surface area contributed by atoms with Gasteiger partial charge in [-0.2, -0.15) is 0 Å². The summed E-state index contributed by atoms with van der Waals surface area (Å²) in [5.41, 5.74) is -0.276. The molecule has 1 saturated carbocycles. The second-order valence-corrected chi connectivity index (χ2v) is 4.46. The Morgan fingerprint density at radius 2 is 2.21 bits per heavy atom. The zero-order chi connectivity index (χ0) is 13.9. The smallest absolute Gasteiger partial charge is 0.295 e. The monoisotopic (exact) mass is 266 g/mol. The summed E-state index contributed by atoms with van der Waals surface area (Å²) in [4.78, 5) is 21.8. The molecule has 1 fully saturated rings. The summed E-state index contributed by atoms with van der Waals surface area (Å²) in [7, 11) is 1.44. The van der Waals surface area contributed by atoms with Gasteiger partial charge in [-0.1, -0.05) is 0 Å². The van der Waals surface area contributed by atoms with Crippen LogP contribution in [-0.4, -0.2) is 25.2 Å². The van der Waals surface area contributed by atoms with Gasteiger partial charge in [-0.15, -0.1) is 0 Å². The van der Waals surface area contributed by atoms with Crippen LogP contribution in [0.2, 0.25) is 0 Å². The lowest BCUT2D eigenvalue weighted by atomic mass is 9.87. The van der Waals surface area contributed by atoms with Crippen molar-refractivity contribution in [2.24, 2.45) is 0 Å². The maximum atomic E-state index is 13.8. The summed E-state index contributed by atoms with van der Waals surface area (Å²) in [6, 6.07) is 4.20. The number of carbonyl (C=O) groups excluding carboxylic acids is 2. The molecule has 0 heterocycles. The molecule has 0 unspecified atom stereocenters. The van der Waals surface area contributed by atoms with Gasteiger partial charge >= 0.3 is 0 Å². The fraction of sp³-hybridized carbons (Fsp3) is 0.385. The van der Waals surface area contributed by atoms with Crippen LogP contribution in [0, 0.1) is 5.82 Å². The standard InChI is InChI=1S/C13H15FN2O3/c1-15-12(18)10-4-3-9(7-11(10)14)16-13(19-8-17)5-2-6-13/h3-4,7-8,16H,2,5-6H2,1H3,(H,15,18).